The predicted molar refractivity (Wildman–Crippen MR) is 198 cm³/mol. The summed E-state index contributed by atoms with van der Waals surface area (Å²) in [7, 11) is 6.52. The molecule has 15 heteroatoms. The summed E-state index contributed by atoms with van der Waals surface area (Å²) in [6, 6.07) is 26.7. The highest BCUT2D eigenvalue weighted by molar-refractivity contribution is 6.28. The normalized spacial score (nSPS) is 10.3. The first-order valence-corrected chi connectivity index (χ1v) is 16.0. The van der Waals surface area contributed by atoms with Gasteiger partial charge in [0, 0.05) is 59.8 Å². The van der Waals surface area contributed by atoms with E-state index in [2.05, 4.69) is 35.5 Å². The van der Waals surface area contributed by atoms with Gasteiger partial charge in [-0.15, -0.1) is 0 Å². The molecule has 0 saturated carbocycles. The Kier molecular flexibility index (Phi) is 12.0. The topological polar surface area (TPSA) is 168 Å². The number of hydrogen-bond acceptors (Lipinski definition) is 11. The number of rotatable bonds is 10. The molecule has 0 unspecified atom stereocenters. The smallest absolute Gasteiger partial charge is 0.229 e. The molecule has 7 rings (SSSR count). The van der Waals surface area contributed by atoms with Crippen LogP contribution in [0.4, 0.5) is 11.6 Å². The lowest BCUT2D eigenvalue weighted by atomic mass is 10.1. The average Bonchev–Trinajstić information content (AvgIpc) is 3.87. The molecule has 266 valence electrons. The van der Waals surface area contributed by atoms with Gasteiger partial charge in [0.15, 0.2) is 23.1 Å². The van der Waals surface area contributed by atoms with Crippen molar-refractivity contribution in [2.24, 2.45) is 0 Å². The van der Waals surface area contributed by atoms with Crippen LogP contribution in [0.2, 0.25) is 5.28 Å². The van der Waals surface area contributed by atoms with Crippen LogP contribution in [0.25, 0.3) is 34.2 Å². The van der Waals surface area contributed by atoms with Crippen LogP contribution < -0.4 is 24.3 Å². The molecular weight excluding hydrogens is 686 g/mol. The highest BCUT2D eigenvalue weighted by atomic mass is 35.5. The van der Waals surface area contributed by atoms with E-state index in [-0.39, 0.29) is 10.8 Å². The van der Waals surface area contributed by atoms with Gasteiger partial charge in [0.05, 0.1) is 39.8 Å². The molecule has 4 heterocycles. The molecule has 52 heavy (non-hydrogen) atoms. The van der Waals surface area contributed by atoms with Crippen molar-refractivity contribution in [3.05, 3.63) is 121 Å². The molecule has 14 nitrogen and oxygen atoms in total. The van der Waals surface area contributed by atoms with Crippen molar-refractivity contribution in [2.75, 3.05) is 33.8 Å². The molecule has 0 radical (unpaired) electrons. The lowest BCUT2D eigenvalue weighted by molar-refractivity contribution is 0.353. The first-order chi connectivity index (χ1) is 24.9. The Balaban J connectivity index is 0.000000215. The minimum atomic E-state index is 0. The number of anilines is 2. The zero-order valence-electron chi connectivity index (χ0n) is 29.0. The predicted octanol–water partition coefficient (Wildman–Crippen LogP) is 6.57. The maximum atomic E-state index is 5.77. The Bertz CT molecular complexity index is 2220. The quantitative estimate of drug-likeness (QED) is 0.152. The van der Waals surface area contributed by atoms with E-state index in [9.17, 15) is 0 Å². The van der Waals surface area contributed by atoms with E-state index < -0.39 is 0 Å². The van der Waals surface area contributed by atoms with Crippen molar-refractivity contribution in [2.45, 2.75) is 6.92 Å². The molecule has 3 aromatic carbocycles. The zero-order valence-corrected chi connectivity index (χ0v) is 29.7. The van der Waals surface area contributed by atoms with Crippen LogP contribution in [-0.2, 0) is 0 Å². The highest BCUT2D eigenvalue weighted by Crippen LogP contribution is 2.34. The lowest BCUT2D eigenvalue weighted by Crippen LogP contribution is -2.04. The molecule has 0 spiro atoms. The van der Waals surface area contributed by atoms with Gasteiger partial charge in [-0.25, -0.2) is 19.3 Å². The van der Waals surface area contributed by atoms with Gasteiger partial charge in [0.2, 0.25) is 11.2 Å². The molecule has 7 aromatic rings. The molecule has 4 aromatic heterocycles. The van der Waals surface area contributed by atoms with Crippen molar-refractivity contribution >= 4 is 23.2 Å². The summed E-state index contributed by atoms with van der Waals surface area (Å²) in [6.45, 7) is 1.95. The maximum Gasteiger partial charge on any atom is 0.229 e. The lowest BCUT2D eigenvalue weighted by Gasteiger charge is -2.13. The van der Waals surface area contributed by atoms with Crippen molar-refractivity contribution in [3.8, 4) is 57.1 Å². The third kappa shape index (κ3) is 8.61. The van der Waals surface area contributed by atoms with Gasteiger partial charge in [-0.05, 0) is 90.8 Å². The molecule has 0 saturated heterocycles. The number of methoxy groups -OCH3 is 4. The van der Waals surface area contributed by atoms with Crippen LogP contribution in [0.3, 0.4) is 0 Å². The van der Waals surface area contributed by atoms with E-state index in [1.54, 1.807) is 62.3 Å². The number of halogens is 1. The standard InChI is InChI=1S/C23H23N5O3.C14H11ClN4O.H2O/c1-15-13-17(14-20(30-3)22(15)31-4)25-23-24-11-9-21(26-23)28-12-10-19(27-28)16-5-7-18(29-2)8-6-16;1-20-11-4-2-10(3-5-11)12-7-9-19(18-12)13-6-8-16-14(15)17-13;/h5-14H,1-4H3,(H,24,25,26);2-9H,1H3;1H2. The van der Waals surface area contributed by atoms with E-state index in [0.29, 0.717) is 29.1 Å². The number of ether oxygens (including phenoxy) is 4. The molecule has 0 atom stereocenters. The third-order valence-electron chi connectivity index (χ3n) is 7.59. The Morgan fingerprint density at radius 2 is 1.15 bits per heavy atom. The summed E-state index contributed by atoms with van der Waals surface area (Å²) < 4.78 is 24.5. The molecule has 0 aliphatic rings. The number of nitrogens with one attached hydrogen (secondary N) is 1. The van der Waals surface area contributed by atoms with E-state index in [1.807, 2.05) is 92.1 Å². The molecule has 0 amide bonds. The fraction of sp³-hybridized carbons (Fsp3) is 0.135. The monoisotopic (exact) mass is 721 g/mol. The Morgan fingerprint density at radius 3 is 1.65 bits per heavy atom. The number of hydrogen-bond donors (Lipinski definition) is 1. The van der Waals surface area contributed by atoms with Gasteiger partial charge in [-0.1, -0.05) is 0 Å². The van der Waals surface area contributed by atoms with Gasteiger partial charge in [0.1, 0.15) is 11.5 Å². The largest absolute Gasteiger partial charge is 0.497 e. The van der Waals surface area contributed by atoms with Crippen LogP contribution in [0, 0.1) is 6.92 Å². The van der Waals surface area contributed by atoms with Crippen molar-refractivity contribution in [3.63, 3.8) is 0 Å². The first kappa shape index (κ1) is 36.8. The third-order valence-corrected chi connectivity index (χ3v) is 7.77. The number of benzene rings is 3. The van der Waals surface area contributed by atoms with Crippen LogP contribution in [0.5, 0.6) is 23.0 Å². The van der Waals surface area contributed by atoms with E-state index in [1.165, 1.54) is 0 Å². The summed E-state index contributed by atoms with van der Waals surface area (Å²) >= 11 is 5.77. The van der Waals surface area contributed by atoms with Crippen molar-refractivity contribution in [1.82, 2.24) is 39.5 Å². The fourth-order valence-electron chi connectivity index (χ4n) is 5.08. The highest BCUT2D eigenvalue weighted by Gasteiger charge is 2.12. The molecular formula is C37H36ClN9O5. The molecule has 0 aliphatic heterocycles. The second kappa shape index (κ2) is 16.9. The number of aromatic nitrogens is 8. The van der Waals surface area contributed by atoms with Gasteiger partial charge in [-0.3, -0.25) is 0 Å². The maximum absolute atomic E-state index is 5.77. The fourth-order valence-corrected chi connectivity index (χ4v) is 5.22. The average molecular weight is 722 g/mol. The second-order valence-electron chi connectivity index (χ2n) is 10.8. The van der Waals surface area contributed by atoms with Crippen LogP contribution >= 0.6 is 11.6 Å². The zero-order chi connectivity index (χ0) is 35.7. The molecule has 0 aliphatic carbocycles. The summed E-state index contributed by atoms with van der Waals surface area (Å²) in [5, 5.41) is 12.5. The van der Waals surface area contributed by atoms with E-state index >= 15 is 0 Å². The number of aryl methyl sites for hydroxylation is 1. The SMILES string of the molecule is COc1ccc(-c2ccn(-c3ccnc(Cl)n3)n2)cc1.COc1ccc(-c2ccn(-c3ccnc(Nc4cc(C)c(OC)c(OC)c4)n3)n2)cc1.O. The summed E-state index contributed by atoms with van der Waals surface area (Å²) in [6.07, 6.45) is 6.98. The summed E-state index contributed by atoms with van der Waals surface area (Å²) in [5.74, 6) is 4.68. The van der Waals surface area contributed by atoms with Gasteiger partial charge in [-0.2, -0.15) is 20.2 Å². The van der Waals surface area contributed by atoms with E-state index in [0.717, 1.165) is 45.3 Å². The minimum absolute atomic E-state index is 0. The van der Waals surface area contributed by atoms with Crippen LogP contribution in [-0.4, -0.2) is 73.4 Å². The second-order valence-corrected chi connectivity index (χ2v) is 11.2. The molecule has 0 fully saturated rings. The minimum Gasteiger partial charge on any atom is -0.497 e. The van der Waals surface area contributed by atoms with E-state index in [4.69, 9.17) is 30.5 Å². The Hall–Kier alpha value is -6.51. The van der Waals surface area contributed by atoms with Crippen molar-refractivity contribution < 1.29 is 24.4 Å². The summed E-state index contributed by atoms with van der Waals surface area (Å²) in [4.78, 5) is 16.9. The van der Waals surface area contributed by atoms with Gasteiger partial charge >= 0.3 is 0 Å². The Morgan fingerprint density at radius 1 is 0.615 bits per heavy atom. The van der Waals surface area contributed by atoms with Crippen LogP contribution in [0.1, 0.15) is 5.56 Å². The van der Waals surface area contributed by atoms with Crippen LogP contribution in [0.15, 0.2) is 110 Å². The number of nitrogens with zero attached hydrogens (tertiary/aromatic N) is 8. The summed E-state index contributed by atoms with van der Waals surface area (Å²) in [5.41, 5.74) is 5.43. The van der Waals surface area contributed by atoms with Gasteiger partial charge in [0.25, 0.3) is 0 Å². The molecule has 3 N–H and O–H groups in total. The van der Waals surface area contributed by atoms with Crippen molar-refractivity contribution in [1.29, 1.82) is 0 Å². The van der Waals surface area contributed by atoms with Gasteiger partial charge < -0.3 is 29.7 Å². The first-order valence-electron chi connectivity index (χ1n) is 15.6. The Labute approximate surface area is 304 Å². The molecule has 0 bridgehead atoms.